The van der Waals surface area contributed by atoms with Crippen LogP contribution in [0.1, 0.15) is 36.4 Å². The lowest BCUT2D eigenvalue weighted by molar-refractivity contribution is 0.466. The highest BCUT2D eigenvalue weighted by Crippen LogP contribution is 2.50. The fourth-order valence-electron chi connectivity index (χ4n) is 3.88. The summed E-state index contributed by atoms with van der Waals surface area (Å²) >= 11 is 0. The second-order valence-electron chi connectivity index (χ2n) is 5.55. The van der Waals surface area contributed by atoms with Crippen molar-refractivity contribution in [1.29, 1.82) is 0 Å². The van der Waals surface area contributed by atoms with E-state index in [1.165, 1.54) is 17.3 Å². The third-order valence-corrected chi connectivity index (χ3v) is 4.76. The standard InChI is InChI=1S/C16H17N/c1-10-11-7-8-12(9-11)16-15(10)13-5-3-4-6-14(13)17(16)2/h3-8,10-12H,9H2,1-2H3. The lowest BCUT2D eigenvalue weighted by Crippen LogP contribution is -2.16. The fourth-order valence-corrected chi connectivity index (χ4v) is 3.88. The molecule has 2 aromatic rings. The Labute approximate surface area is 102 Å². The average molecular weight is 223 g/mol. The van der Waals surface area contributed by atoms with E-state index in [1.807, 2.05) is 0 Å². The maximum atomic E-state index is 2.43. The van der Waals surface area contributed by atoms with Gasteiger partial charge in [0.2, 0.25) is 0 Å². The molecule has 0 saturated heterocycles. The molecule has 2 aliphatic rings. The second-order valence-corrected chi connectivity index (χ2v) is 5.55. The Morgan fingerprint density at radius 2 is 2.00 bits per heavy atom. The van der Waals surface area contributed by atoms with Crippen LogP contribution in [0, 0.1) is 5.92 Å². The van der Waals surface area contributed by atoms with E-state index in [9.17, 15) is 0 Å². The lowest BCUT2D eigenvalue weighted by atomic mass is 9.77. The highest BCUT2D eigenvalue weighted by atomic mass is 15.0. The summed E-state index contributed by atoms with van der Waals surface area (Å²) in [4.78, 5) is 0. The van der Waals surface area contributed by atoms with Crippen molar-refractivity contribution in [2.75, 3.05) is 0 Å². The molecule has 0 fully saturated rings. The summed E-state index contributed by atoms with van der Waals surface area (Å²) in [6.07, 6.45) is 6.17. The molecular formula is C16H17N. The molecule has 0 saturated carbocycles. The van der Waals surface area contributed by atoms with Crippen molar-refractivity contribution < 1.29 is 0 Å². The molecule has 1 aromatic carbocycles. The number of benzene rings is 1. The highest BCUT2D eigenvalue weighted by Gasteiger charge is 2.37. The number of para-hydroxylation sites is 1. The van der Waals surface area contributed by atoms with Gasteiger partial charge in [0.15, 0.2) is 0 Å². The van der Waals surface area contributed by atoms with Crippen LogP contribution in [-0.2, 0) is 7.05 Å². The van der Waals surface area contributed by atoms with E-state index in [1.54, 1.807) is 11.3 Å². The summed E-state index contributed by atoms with van der Waals surface area (Å²) in [5.41, 5.74) is 4.56. The van der Waals surface area contributed by atoms with Crippen LogP contribution in [0.2, 0.25) is 0 Å². The molecule has 4 rings (SSSR count). The third-order valence-electron chi connectivity index (χ3n) is 4.76. The van der Waals surface area contributed by atoms with Crippen LogP contribution in [0.5, 0.6) is 0 Å². The molecule has 0 radical (unpaired) electrons. The summed E-state index contributed by atoms with van der Waals surface area (Å²) in [5, 5.41) is 1.47. The Bertz CT molecular complexity index is 632. The molecule has 1 heterocycles. The van der Waals surface area contributed by atoms with Gasteiger partial charge in [-0.25, -0.2) is 0 Å². The number of aromatic nitrogens is 1. The van der Waals surface area contributed by atoms with Gasteiger partial charge in [-0.2, -0.15) is 0 Å². The smallest absolute Gasteiger partial charge is 0.0483 e. The average Bonchev–Trinajstić information content (AvgIpc) is 2.89. The van der Waals surface area contributed by atoms with Crippen molar-refractivity contribution in [1.82, 2.24) is 4.57 Å². The van der Waals surface area contributed by atoms with E-state index >= 15 is 0 Å². The van der Waals surface area contributed by atoms with Crippen LogP contribution in [0.4, 0.5) is 0 Å². The number of hydrogen-bond acceptors (Lipinski definition) is 0. The van der Waals surface area contributed by atoms with Gasteiger partial charge in [-0.3, -0.25) is 0 Å². The predicted molar refractivity (Wildman–Crippen MR) is 71.3 cm³/mol. The molecule has 2 aliphatic carbocycles. The summed E-state index contributed by atoms with van der Waals surface area (Å²) in [6.45, 7) is 2.39. The zero-order valence-electron chi connectivity index (χ0n) is 10.4. The van der Waals surface area contributed by atoms with Crippen molar-refractivity contribution in [3.05, 3.63) is 47.7 Å². The largest absolute Gasteiger partial charge is 0.347 e. The predicted octanol–water partition coefficient (Wildman–Crippen LogP) is 3.96. The van der Waals surface area contributed by atoms with Gasteiger partial charge in [0.25, 0.3) is 0 Å². The highest BCUT2D eigenvalue weighted by molar-refractivity contribution is 5.87. The van der Waals surface area contributed by atoms with Crippen LogP contribution in [-0.4, -0.2) is 4.57 Å². The quantitative estimate of drug-likeness (QED) is 0.596. The van der Waals surface area contributed by atoms with E-state index in [0.29, 0.717) is 11.8 Å². The molecule has 2 bridgehead atoms. The first-order chi connectivity index (χ1) is 8.27. The number of hydrogen-bond donors (Lipinski definition) is 0. The number of nitrogens with zero attached hydrogens (tertiary/aromatic N) is 1. The first-order valence-corrected chi connectivity index (χ1v) is 6.53. The van der Waals surface area contributed by atoms with Gasteiger partial charge in [-0.05, 0) is 29.9 Å². The van der Waals surface area contributed by atoms with Crippen molar-refractivity contribution >= 4 is 10.9 Å². The fraction of sp³-hybridized carbons (Fsp3) is 0.375. The van der Waals surface area contributed by atoms with Crippen molar-refractivity contribution in [2.45, 2.75) is 25.2 Å². The van der Waals surface area contributed by atoms with Gasteiger partial charge in [0.1, 0.15) is 0 Å². The molecule has 1 nitrogen and oxygen atoms in total. The van der Waals surface area contributed by atoms with E-state index in [2.05, 4.69) is 55.0 Å². The minimum Gasteiger partial charge on any atom is -0.347 e. The van der Waals surface area contributed by atoms with Crippen LogP contribution in [0.25, 0.3) is 10.9 Å². The topological polar surface area (TPSA) is 4.93 Å². The van der Waals surface area contributed by atoms with Gasteiger partial charge in [-0.15, -0.1) is 0 Å². The Hall–Kier alpha value is -1.50. The zero-order valence-corrected chi connectivity index (χ0v) is 10.4. The second kappa shape index (κ2) is 3.04. The molecule has 0 N–H and O–H groups in total. The maximum absolute atomic E-state index is 2.43. The van der Waals surface area contributed by atoms with Crippen molar-refractivity contribution in [3.8, 4) is 0 Å². The van der Waals surface area contributed by atoms with E-state index < -0.39 is 0 Å². The van der Waals surface area contributed by atoms with Crippen molar-refractivity contribution in [3.63, 3.8) is 0 Å². The van der Waals surface area contributed by atoms with Gasteiger partial charge >= 0.3 is 0 Å². The van der Waals surface area contributed by atoms with Gasteiger partial charge in [-0.1, -0.05) is 37.3 Å². The van der Waals surface area contributed by atoms with Gasteiger partial charge in [0.05, 0.1) is 0 Å². The van der Waals surface area contributed by atoms with Gasteiger partial charge < -0.3 is 4.57 Å². The summed E-state index contributed by atoms with van der Waals surface area (Å²) < 4.78 is 2.41. The molecular weight excluding hydrogens is 206 g/mol. The molecule has 0 amide bonds. The normalized spacial score (nSPS) is 29.9. The molecule has 3 unspecified atom stereocenters. The van der Waals surface area contributed by atoms with Gasteiger partial charge in [0, 0.05) is 29.6 Å². The van der Waals surface area contributed by atoms with Crippen LogP contribution >= 0.6 is 0 Å². The number of allylic oxidation sites excluding steroid dienone is 2. The van der Waals surface area contributed by atoms with E-state index in [4.69, 9.17) is 0 Å². The Balaban J connectivity index is 2.14. The number of aryl methyl sites for hydroxylation is 1. The summed E-state index contributed by atoms with van der Waals surface area (Å²) in [5.74, 6) is 2.09. The number of rotatable bonds is 0. The molecule has 86 valence electrons. The minimum atomic E-state index is 0.656. The van der Waals surface area contributed by atoms with E-state index in [0.717, 1.165) is 5.92 Å². The number of fused-ring (bicyclic) bond motifs is 6. The Morgan fingerprint density at radius 1 is 1.18 bits per heavy atom. The Kier molecular flexibility index (Phi) is 1.70. The van der Waals surface area contributed by atoms with Crippen LogP contribution < -0.4 is 0 Å². The summed E-state index contributed by atoms with van der Waals surface area (Å²) in [7, 11) is 2.22. The minimum absolute atomic E-state index is 0.656. The maximum Gasteiger partial charge on any atom is 0.0483 e. The first-order valence-electron chi connectivity index (χ1n) is 6.53. The third kappa shape index (κ3) is 1.05. The summed E-state index contributed by atoms with van der Waals surface area (Å²) in [6, 6.07) is 8.85. The molecule has 1 aromatic heterocycles. The molecule has 0 spiro atoms. The van der Waals surface area contributed by atoms with E-state index in [-0.39, 0.29) is 0 Å². The monoisotopic (exact) mass is 223 g/mol. The Morgan fingerprint density at radius 3 is 2.88 bits per heavy atom. The SMILES string of the molecule is CC1c2c(n(C)c3ccccc23)C2C=CC1C2. The first kappa shape index (κ1) is 9.52. The van der Waals surface area contributed by atoms with Crippen LogP contribution in [0.3, 0.4) is 0 Å². The van der Waals surface area contributed by atoms with Crippen molar-refractivity contribution in [2.24, 2.45) is 13.0 Å². The molecule has 3 atom stereocenters. The van der Waals surface area contributed by atoms with Crippen LogP contribution in [0.15, 0.2) is 36.4 Å². The molecule has 17 heavy (non-hydrogen) atoms. The zero-order chi connectivity index (χ0) is 11.6. The molecule has 1 heteroatoms. The molecule has 0 aliphatic heterocycles. The lowest BCUT2D eigenvalue weighted by Gasteiger charge is -2.27.